The van der Waals surface area contributed by atoms with Crippen LogP contribution in [0.5, 0.6) is 0 Å². The van der Waals surface area contributed by atoms with Crippen molar-refractivity contribution in [3.8, 4) is 39.4 Å². The van der Waals surface area contributed by atoms with E-state index in [-0.39, 0.29) is 6.17 Å². The molecular formula is C44H30N4. The van der Waals surface area contributed by atoms with Gasteiger partial charge in [-0.15, -0.1) is 0 Å². The lowest BCUT2D eigenvalue weighted by Crippen LogP contribution is -2.33. The number of fused-ring (bicyclic) bond motifs is 1. The second-order valence-electron chi connectivity index (χ2n) is 11.8. The molecule has 1 aliphatic rings. The average Bonchev–Trinajstić information content (AvgIpc) is 3.18. The number of hydrogen-bond acceptors (Lipinski definition) is 4. The normalized spacial score (nSPS) is 14.0. The van der Waals surface area contributed by atoms with Crippen LogP contribution >= 0.6 is 0 Å². The van der Waals surface area contributed by atoms with Gasteiger partial charge >= 0.3 is 0 Å². The number of benzene rings is 7. The van der Waals surface area contributed by atoms with Crippen molar-refractivity contribution in [1.82, 2.24) is 5.32 Å². The van der Waals surface area contributed by atoms with Crippen molar-refractivity contribution >= 4 is 22.4 Å². The zero-order chi connectivity index (χ0) is 32.3. The summed E-state index contributed by atoms with van der Waals surface area (Å²) in [5, 5.41) is 15.3. The Kier molecular flexibility index (Phi) is 7.62. The number of hydrogen-bond donors (Lipinski definition) is 1. The highest BCUT2D eigenvalue weighted by atomic mass is 15.2. The molecule has 0 saturated carbocycles. The second-order valence-corrected chi connectivity index (χ2v) is 11.8. The predicted molar refractivity (Wildman–Crippen MR) is 197 cm³/mol. The third-order valence-corrected chi connectivity index (χ3v) is 8.76. The Labute approximate surface area is 280 Å². The van der Waals surface area contributed by atoms with E-state index in [9.17, 15) is 5.26 Å². The number of aliphatic imine (C=N–C) groups is 2. The summed E-state index contributed by atoms with van der Waals surface area (Å²) >= 11 is 0. The molecule has 0 bridgehead atoms. The van der Waals surface area contributed by atoms with Crippen LogP contribution in [0.2, 0.25) is 0 Å². The third kappa shape index (κ3) is 5.77. The van der Waals surface area contributed by atoms with Gasteiger partial charge in [-0.05, 0) is 74.0 Å². The van der Waals surface area contributed by atoms with Gasteiger partial charge in [0.25, 0.3) is 0 Å². The molecule has 226 valence electrons. The monoisotopic (exact) mass is 614 g/mol. The first-order chi connectivity index (χ1) is 23.7. The quantitative estimate of drug-likeness (QED) is 0.203. The van der Waals surface area contributed by atoms with Crippen molar-refractivity contribution in [3.05, 3.63) is 192 Å². The maximum atomic E-state index is 9.35. The lowest BCUT2D eigenvalue weighted by atomic mass is 9.92. The minimum Gasteiger partial charge on any atom is -0.344 e. The van der Waals surface area contributed by atoms with Crippen LogP contribution in [0.1, 0.15) is 28.4 Å². The van der Waals surface area contributed by atoms with E-state index in [2.05, 4.69) is 121 Å². The van der Waals surface area contributed by atoms with Gasteiger partial charge in [0.2, 0.25) is 0 Å². The summed E-state index contributed by atoms with van der Waals surface area (Å²) in [6.07, 6.45) is -0.238. The van der Waals surface area contributed by atoms with Crippen LogP contribution in [0.15, 0.2) is 180 Å². The van der Waals surface area contributed by atoms with Crippen molar-refractivity contribution in [2.24, 2.45) is 9.98 Å². The van der Waals surface area contributed by atoms with Gasteiger partial charge in [0, 0.05) is 11.1 Å². The molecule has 1 N–H and O–H groups in total. The summed E-state index contributed by atoms with van der Waals surface area (Å²) in [6, 6.07) is 60.7. The van der Waals surface area contributed by atoms with E-state index < -0.39 is 0 Å². The van der Waals surface area contributed by atoms with E-state index in [1.165, 1.54) is 16.3 Å². The van der Waals surface area contributed by atoms with Crippen LogP contribution in [-0.4, -0.2) is 11.7 Å². The van der Waals surface area contributed by atoms with Gasteiger partial charge in [-0.1, -0.05) is 146 Å². The Hall–Kier alpha value is -6.57. The van der Waals surface area contributed by atoms with E-state index in [4.69, 9.17) is 9.98 Å². The lowest BCUT2D eigenvalue weighted by molar-refractivity contribution is 0.674. The fraction of sp³-hybridized carbons (Fsp3) is 0.0227. The van der Waals surface area contributed by atoms with E-state index in [0.29, 0.717) is 11.4 Å². The van der Waals surface area contributed by atoms with Gasteiger partial charge in [0.05, 0.1) is 11.6 Å². The van der Waals surface area contributed by atoms with E-state index in [0.717, 1.165) is 50.3 Å². The lowest BCUT2D eigenvalue weighted by Gasteiger charge is -2.23. The molecule has 7 aromatic rings. The van der Waals surface area contributed by atoms with Gasteiger partial charge in [0.1, 0.15) is 12.0 Å². The molecule has 0 aromatic heterocycles. The van der Waals surface area contributed by atoms with Crippen molar-refractivity contribution in [3.63, 3.8) is 0 Å². The highest BCUT2D eigenvalue weighted by molar-refractivity contribution is 6.13. The van der Waals surface area contributed by atoms with Crippen LogP contribution in [0.4, 0.5) is 0 Å². The first-order valence-electron chi connectivity index (χ1n) is 16.0. The molecule has 4 nitrogen and oxygen atoms in total. The molecule has 0 fully saturated rings. The summed E-state index contributed by atoms with van der Waals surface area (Å²) in [5.74, 6) is 1.51. The van der Waals surface area contributed by atoms with Crippen LogP contribution < -0.4 is 5.32 Å². The fourth-order valence-corrected chi connectivity index (χ4v) is 6.27. The predicted octanol–water partition coefficient (Wildman–Crippen LogP) is 10.2. The summed E-state index contributed by atoms with van der Waals surface area (Å²) in [4.78, 5) is 10.0. The largest absolute Gasteiger partial charge is 0.344 e. The summed E-state index contributed by atoms with van der Waals surface area (Å²) in [7, 11) is 0. The molecule has 0 radical (unpaired) electrons. The second kappa shape index (κ2) is 12.7. The van der Waals surface area contributed by atoms with Crippen molar-refractivity contribution in [1.29, 1.82) is 5.26 Å². The van der Waals surface area contributed by atoms with Crippen LogP contribution in [0.3, 0.4) is 0 Å². The molecule has 4 heteroatoms. The average molecular weight is 615 g/mol. The van der Waals surface area contributed by atoms with Gasteiger partial charge in [-0.2, -0.15) is 5.26 Å². The van der Waals surface area contributed by atoms with Gasteiger partial charge in [-0.3, -0.25) is 0 Å². The SMILES string of the molecule is N#Cc1cccc(-c2ccc(-c3cc(-c4ccc(C5=NC(c6ccccc6)NC(c6ccccc6)=N5)cc4)cc4ccccc34)cc2)c1. The highest BCUT2D eigenvalue weighted by Gasteiger charge is 2.21. The Morgan fingerprint density at radius 2 is 1.12 bits per heavy atom. The molecule has 0 spiro atoms. The van der Waals surface area contributed by atoms with Gasteiger partial charge in [0.15, 0.2) is 5.84 Å². The Morgan fingerprint density at radius 3 is 1.88 bits per heavy atom. The van der Waals surface area contributed by atoms with Gasteiger partial charge < -0.3 is 5.32 Å². The number of nitrogens with zero attached hydrogens (tertiary/aromatic N) is 3. The molecule has 1 aliphatic heterocycles. The molecule has 8 rings (SSSR count). The van der Waals surface area contributed by atoms with Crippen molar-refractivity contribution in [2.75, 3.05) is 0 Å². The minimum atomic E-state index is -0.238. The Morgan fingerprint density at radius 1 is 0.500 bits per heavy atom. The molecule has 48 heavy (non-hydrogen) atoms. The van der Waals surface area contributed by atoms with E-state index in [1.54, 1.807) is 0 Å². The summed E-state index contributed by atoms with van der Waals surface area (Å²) in [5.41, 5.74) is 10.4. The standard InChI is InChI=1S/C44H30N4/c45-29-30-10-9-16-37(26-30)31-18-22-33(23-19-31)41-28-39(27-38-15-7-8-17-40(38)41)32-20-24-36(25-21-32)44-47-42(34-11-3-1-4-12-34)46-43(48-44)35-13-5-2-6-14-35/h1-28,42H,(H,46,47,48). The molecule has 0 saturated heterocycles. The minimum absolute atomic E-state index is 0.238. The first-order valence-corrected chi connectivity index (χ1v) is 16.0. The molecule has 1 heterocycles. The van der Waals surface area contributed by atoms with Crippen LogP contribution in [0, 0.1) is 11.3 Å². The molecule has 1 unspecified atom stereocenters. The van der Waals surface area contributed by atoms with E-state index in [1.807, 2.05) is 60.7 Å². The highest BCUT2D eigenvalue weighted by Crippen LogP contribution is 2.35. The summed E-state index contributed by atoms with van der Waals surface area (Å²) in [6.45, 7) is 0. The zero-order valence-corrected chi connectivity index (χ0v) is 26.1. The maximum Gasteiger partial charge on any atom is 0.159 e. The Balaban J connectivity index is 1.15. The topological polar surface area (TPSA) is 60.5 Å². The van der Waals surface area contributed by atoms with Crippen molar-refractivity contribution in [2.45, 2.75) is 6.17 Å². The third-order valence-electron chi connectivity index (χ3n) is 8.76. The number of nitriles is 1. The smallest absolute Gasteiger partial charge is 0.159 e. The molecular weight excluding hydrogens is 585 g/mol. The fourth-order valence-electron chi connectivity index (χ4n) is 6.27. The number of rotatable bonds is 6. The summed E-state index contributed by atoms with van der Waals surface area (Å²) < 4.78 is 0. The molecule has 1 atom stereocenters. The molecule has 0 amide bonds. The number of nitrogens with one attached hydrogen (secondary N) is 1. The van der Waals surface area contributed by atoms with Crippen LogP contribution in [-0.2, 0) is 0 Å². The molecule has 0 aliphatic carbocycles. The van der Waals surface area contributed by atoms with E-state index >= 15 is 0 Å². The molecule has 7 aromatic carbocycles. The maximum absolute atomic E-state index is 9.35. The Bertz CT molecular complexity index is 2350. The zero-order valence-electron chi connectivity index (χ0n) is 26.1. The first kappa shape index (κ1) is 28.9. The number of amidine groups is 2. The van der Waals surface area contributed by atoms with Crippen molar-refractivity contribution < 1.29 is 0 Å². The van der Waals surface area contributed by atoms with Crippen LogP contribution in [0.25, 0.3) is 44.2 Å². The van der Waals surface area contributed by atoms with Gasteiger partial charge in [-0.25, -0.2) is 9.98 Å².